The first-order valence-corrected chi connectivity index (χ1v) is 10.6. The van der Waals surface area contributed by atoms with Crippen LogP contribution in [-0.4, -0.2) is 49.2 Å². The van der Waals surface area contributed by atoms with E-state index in [4.69, 9.17) is 10.5 Å². The molecule has 27 heavy (non-hydrogen) atoms. The number of hydrogen-bond acceptors (Lipinski definition) is 3. The summed E-state index contributed by atoms with van der Waals surface area (Å²) in [4.78, 5) is 18.2. The van der Waals surface area contributed by atoms with Crippen molar-refractivity contribution in [3.8, 4) is 0 Å². The molecule has 148 valence electrons. The molecule has 1 aromatic carbocycles. The molecule has 1 aliphatic heterocycles. The first-order valence-electron chi connectivity index (χ1n) is 9.76. The number of carbonyl (C=O) groups excluding carboxylic acids is 1. The van der Waals surface area contributed by atoms with E-state index in [1.165, 1.54) is 12.0 Å². The van der Waals surface area contributed by atoms with Crippen LogP contribution in [0.5, 0.6) is 0 Å². The maximum atomic E-state index is 11.8. The van der Waals surface area contributed by atoms with E-state index < -0.39 is 0 Å². The van der Waals surface area contributed by atoms with Gasteiger partial charge < -0.3 is 20.7 Å². The molecule has 0 spiro atoms. The molecule has 1 amide bonds. The lowest BCUT2D eigenvalue weighted by Gasteiger charge is -2.41. The quantitative estimate of drug-likeness (QED) is 0.547. The van der Waals surface area contributed by atoms with Gasteiger partial charge in [-0.05, 0) is 50.3 Å². The normalized spacial score (nSPS) is 20.1. The summed E-state index contributed by atoms with van der Waals surface area (Å²) in [7, 11) is 0. The van der Waals surface area contributed by atoms with Crippen LogP contribution >= 0.6 is 15.9 Å². The fourth-order valence-electron chi connectivity index (χ4n) is 3.87. The van der Waals surface area contributed by atoms with E-state index >= 15 is 0 Å². The molecule has 0 aromatic heterocycles. The van der Waals surface area contributed by atoms with Gasteiger partial charge in [0.25, 0.3) is 0 Å². The molecule has 1 heterocycles. The SMILES string of the molecule is CCOC(=O)N1CCC(NC(N)=NCC2(c3cccc(Br)c3)CCC2)CC1. The minimum atomic E-state index is -0.224. The lowest BCUT2D eigenvalue weighted by Crippen LogP contribution is -2.49. The molecule has 1 saturated heterocycles. The maximum absolute atomic E-state index is 11.8. The minimum absolute atomic E-state index is 0.114. The first-order chi connectivity index (χ1) is 13.0. The third-order valence-electron chi connectivity index (χ3n) is 5.67. The summed E-state index contributed by atoms with van der Waals surface area (Å²) in [5.74, 6) is 0.505. The average Bonchev–Trinajstić information content (AvgIpc) is 2.62. The standard InChI is InChI=1S/C20H29BrN4O2/c1-2-27-19(26)25-11-7-17(8-12-25)24-18(22)23-14-20(9-4-10-20)15-5-3-6-16(21)13-15/h3,5-6,13,17H,2,4,7-12,14H2,1H3,(H3,22,23,24). The van der Waals surface area contributed by atoms with E-state index in [1.807, 2.05) is 6.92 Å². The number of benzene rings is 1. The summed E-state index contributed by atoms with van der Waals surface area (Å²) < 4.78 is 6.16. The molecule has 7 heteroatoms. The molecule has 1 aromatic rings. The van der Waals surface area contributed by atoms with Gasteiger partial charge in [-0.15, -0.1) is 0 Å². The van der Waals surface area contributed by atoms with Gasteiger partial charge in [0.2, 0.25) is 0 Å². The Morgan fingerprint density at radius 2 is 2.15 bits per heavy atom. The number of nitrogens with zero attached hydrogens (tertiary/aromatic N) is 2. The summed E-state index contributed by atoms with van der Waals surface area (Å²) in [6.07, 6.45) is 5.02. The van der Waals surface area contributed by atoms with Crippen LogP contribution in [0.4, 0.5) is 4.79 Å². The Labute approximate surface area is 169 Å². The van der Waals surface area contributed by atoms with Gasteiger partial charge in [0.1, 0.15) is 0 Å². The number of rotatable bonds is 5. The van der Waals surface area contributed by atoms with Crippen molar-refractivity contribution >= 4 is 28.0 Å². The smallest absolute Gasteiger partial charge is 0.409 e. The molecule has 3 N–H and O–H groups in total. The molecular weight excluding hydrogens is 408 g/mol. The van der Waals surface area contributed by atoms with Gasteiger partial charge in [-0.25, -0.2) is 4.79 Å². The van der Waals surface area contributed by atoms with E-state index in [1.54, 1.807) is 4.90 Å². The van der Waals surface area contributed by atoms with Crippen LogP contribution in [0.1, 0.15) is 44.6 Å². The molecule has 2 aliphatic rings. The Bertz CT molecular complexity index is 682. The summed E-state index contributed by atoms with van der Waals surface area (Å²) in [6, 6.07) is 8.78. The number of piperidine rings is 1. The van der Waals surface area contributed by atoms with Gasteiger partial charge >= 0.3 is 6.09 Å². The molecule has 3 rings (SSSR count). The van der Waals surface area contributed by atoms with Gasteiger partial charge in [0, 0.05) is 29.0 Å². The van der Waals surface area contributed by atoms with E-state index in [2.05, 4.69) is 50.5 Å². The predicted octanol–water partition coefficient (Wildman–Crippen LogP) is 3.40. The summed E-state index contributed by atoms with van der Waals surface area (Å²) in [5.41, 5.74) is 7.62. The largest absolute Gasteiger partial charge is 0.450 e. The maximum Gasteiger partial charge on any atom is 0.409 e. The fourth-order valence-corrected chi connectivity index (χ4v) is 4.27. The number of nitrogens with one attached hydrogen (secondary N) is 1. The predicted molar refractivity (Wildman–Crippen MR) is 111 cm³/mol. The molecule has 6 nitrogen and oxygen atoms in total. The van der Waals surface area contributed by atoms with Crippen molar-refractivity contribution in [3.63, 3.8) is 0 Å². The highest BCUT2D eigenvalue weighted by Crippen LogP contribution is 2.44. The zero-order valence-corrected chi connectivity index (χ0v) is 17.5. The third-order valence-corrected chi connectivity index (χ3v) is 6.17. The minimum Gasteiger partial charge on any atom is -0.450 e. The summed E-state index contributed by atoms with van der Waals surface area (Å²) >= 11 is 3.57. The van der Waals surface area contributed by atoms with Gasteiger partial charge in [-0.3, -0.25) is 4.99 Å². The second kappa shape index (κ2) is 8.95. The topological polar surface area (TPSA) is 80.0 Å². The van der Waals surface area contributed by atoms with Crippen molar-refractivity contribution in [1.82, 2.24) is 10.2 Å². The molecule has 2 fully saturated rings. The monoisotopic (exact) mass is 436 g/mol. The molecule has 1 saturated carbocycles. The molecule has 0 atom stereocenters. The van der Waals surface area contributed by atoms with Crippen LogP contribution < -0.4 is 11.1 Å². The number of likely N-dealkylation sites (tertiary alicyclic amines) is 1. The van der Waals surface area contributed by atoms with Crippen molar-refractivity contribution in [2.24, 2.45) is 10.7 Å². The van der Waals surface area contributed by atoms with E-state index in [0.29, 0.717) is 32.2 Å². The summed E-state index contributed by atoms with van der Waals surface area (Å²) in [6.45, 7) is 4.32. The Kier molecular flexibility index (Phi) is 6.63. The lowest BCUT2D eigenvalue weighted by molar-refractivity contribution is 0.0963. The number of aliphatic imine (C=N–C) groups is 1. The number of ether oxygens (including phenoxy) is 1. The number of nitrogens with two attached hydrogens (primary N) is 1. The van der Waals surface area contributed by atoms with Crippen LogP contribution in [0.15, 0.2) is 33.7 Å². The van der Waals surface area contributed by atoms with Crippen LogP contribution in [-0.2, 0) is 10.2 Å². The van der Waals surface area contributed by atoms with E-state index in [0.717, 1.165) is 30.2 Å². The van der Waals surface area contributed by atoms with E-state index in [9.17, 15) is 4.79 Å². The lowest BCUT2D eigenvalue weighted by atomic mass is 9.64. The van der Waals surface area contributed by atoms with Crippen LogP contribution in [0.3, 0.4) is 0 Å². The van der Waals surface area contributed by atoms with Gasteiger partial charge in [0.05, 0.1) is 13.2 Å². The molecular formula is C20H29BrN4O2. The summed E-state index contributed by atoms with van der Waals surface area (Å²) in [5, 5.41) is 3.33. The number of halogens is 1. The number of guanidine groups is 1. The van der Waals surface area contributed by atoms with Crippen LogP contribution in [0.25, 0.3) is 0 Å². The zero-order valence-electron chi connectivity index (χ0n) is 15.9. The Morgan fingerprint density at radius 1 is 1.41 bits per heavy atom. The van der Waals surface area contributed by atoms with Gasteiger partial charge in [0.15, 0.2) is 5.96 Å². The van der Waals surface area contributed by atoms with Crippen molar-refractivity contribution in [2.45, 2.75) is 50.5 Å². The zero-order chi connectivity index (χ0) is 19.3. The average molecular weight is 437 g/mol. The van der Waals surface area contributed by atoms with Crippen LogP contribution in [0, 0.1) is 0 Å². The highest BCUT2D eigenvalue weighted by molar-refractivity contribution is 9.10. The van der Waals surface area contributed by atoms with Crippen molar-refractivity contribution < 1.29 is 9.53 Å². The van der Waals surface area contributed by atoms with Gasteiger partial charge in [-0.2, -0.15) is 0 Å². The van der Waals surface area contributed by atoms with E-state index in [-0.39, 0.29) is 17.6 Å². The Hall–Kier alpha value is -1.76. The van der Waals surface area contributed by atoms with Gasteiger partial charge in [-0.1, -0.05) is 34.5 Å². The number of amides is 1. The van der Waals surface area contributed by atoms with Crippen molar-refractivity contribution in [2.75, 3.05) is 26.2 Å². The second-order valence-electron chi connectivity index (χ2n) is 7.45. The Balaban J connectivity index is 1.52. The molecule has 0 radical (unpaired) electrons. The van der Waals surface area contributed by atoms with Crippen LogP contribution in [0.2, 0.25) is 0 Å². The highest BCUT2D eigenvalue weighted by atomic mass is 79.9. The van der Waals surface area contributed by atoms with Crippen molar-refractivity contribution in [1.29, 1.82) is 0 Å². The second-order valence-corrected chi connectivity index (χ2v) is 8.37. The number of carbonyl (C=O) groups is 1. The molecule has 0 bridgehead atoms. The Morgan fingerprint density at radius 3 is 2.74 bits per heavy atom. The molecule has 1 aliphatic carbocycles. The highest BCUT2D eigenvalue weighted by Gasteiger charge is 2.38. The first kappa shape index (κ1) is 20.0. The third kappa shape index (κ3) is 4.94. The fraction of sp³-hybridized carbons (Fsp3) is 0.600. The van der Waals surface area contributed by atoms with Crippen molar-refractivity contribution in [3.05, 3.63) is 34.3 Å². The number of hydrogen-bond donors (Lipinski definition) is 2. The molecule has 0 unspecified atom stereocenters.